The number of thiazole rings is 1. The van der Waals surface area contributed by atoms with Crippen LogP contribution in [0.4, 0.5) is 10.8 Å². The van der Waals surface area contributed by atoms with Gasteiger partial charge in [-0.05, 0) is 36.8 Å². The van der Waals surface area contributed by atoms with E-state index in [9.17, 15) is 0 Å². The zero-order chi connectivity index (χ0) is 16.9. The van der Waals surface area contributed by atoms with Crippen LogP contribution in [-0.4, -0.2) is 11.5 Å². The molecule has 1 aromatic heterocycles. The number of nitrogens with one attached hydrogen (secondary N) is 2. The Bertz CT molecular complexity index is 815. The summed E-state index contributed by atoms with van der Waals surface area (Å²) < 4.78 is 0. The molecular weight excluding hydrogens is 326 g/mol. The highest BCUT2D eigenvalue weighted by Crippen LogP contribution is 2.28. The van der Waals surface area contributed by atoms with Crippen LogP contribution >= 0.6 is 11.3 Å². The van der Waals surface area contributed by atoms with E-state index in [1.807, 2.05) is 0 Å². The van der Waals surface area contributed by atoms with Crippen molar-refractivity contribution < 1.29 is 0 Å². The van der Waals surface area contributed by atoms with E-state index in [2.05, 4.69) is 58.5 Å². The molecule has 1 fully saturated rings. The molecule has 0 saturated heterocycles. The summed E-state index contributed by atoms with van der Waals surface area (Å²) in [6.45, 7) is 1.99. The maximum absolute atomic E-state index is 4.74. The SMILES string of the molecule is c1ccc2c(Nc3nc(CNCC4CCCCC4)cs3)cccc2c1. The van der Waals surface area contributed by atoms with Crippen LogP contribution in [0.1, 0.15) is 37.8 Å². The monoisotopic (exact) mass is 351 g/mol. The Kier molecular flexibility index (Phi) is 5.28. The fourth-order valence-corrected chi connectivity index (χ4v) is 4.41. The fraction of sp³-hybridized carbons (Fsp3) is 0.381. The first-order valence-corrected chi connectivity index (χ1v) is 10.2. The lowest BCUT2D eigenvalue weighted by Gasteiger charge is -2.21. The standard InChI is InChI=1S/C21H25N3S/c1-2-7-16(8-3-1)13-22-14-18-15-25-21(23-18)24-20-12-6-10-17-9-4-5-11-19(17)20/h4-6,9-12,15-16,22H,1-3,7-8,13-14H2,(H,23,24). The van der Waals surface area contributed by atoms with Crippen LogP contribution in [0.2, 0.25) is 0 Å². The van der Waals surface area contributed by atoms with Crippen LogP contribution in [0.5, 0.6) is 0 Å². The minimum atomic E-state index is 0.862. The minimum absolute atomic E-state index is 0.862. The summed E-state index contributed by atoms with van der Waals surface area (Å²) >= 11 is 1.68. The van der Waals surface area contributed by atoms with Crippen LogP contribution in [0.15, 0.2) is 47.8 Å². The summed E-state index contributed by atoms with van der Waals surface area (Å²) in [6, 6.07) is 14.8. The number of nitrogens with zero attached hydrogens (tertiary/aromatic N) is 1. The van der Waals surface area contributed by atoms with Gasteiger partial charge >= 0.3 is 0 Å². The van der Waals surface area contributed by atoms with Gasteiger partial charge in [0.1, 0.15) is 0 Å². The van der Waals surface area contributed by atoms with Gasteiger partial charge in [-0.15, -0.1) is 11.3 Å². The zero-order valence-electron chi connectivity index (χ0n) is 14.5. The molecule has 1 heterocycles. The Morgan fingerprint density at radius 2 is 1.84 bits per heavy atom. The van der Waals surface area contributed by atoms with Gasteiger partial charge in [-0.2, -0.15) is 0 Å². The second kappa shape index (κ2) is 7.98. The molecule has 2 N–H and O–H groups in total. The molecule has 0 spiro atoms. The topological polar surface area (TPSA) is 37.0 Å². The molecule has 4 heteroatoms. The van der Waals surface area contributed by atoms with Gasteiger partial charge in [-0.3, -0.25) is 0 Å². The van der Waals surface area contributed by atoms with Crippen LogP contribution < -0.4 is 10.6 Å². The van der Waals surface area contributed by atoms with Crippen molar-refractivity contribution in [1.29, 1.82) is 0 Å². The van der Waals surface area contributed by atoms with Crippen molar-refractivity contribution in [3.8, 4) is 0 Å². The van der Waals surface area contributed by atoms with Crippen molar-refractivity contribution in [2.75, 3.05) is 11.9 Å². The summed E-state index contributed by atoms with van der Waals surface area (Å²) in [6.07, 6.45) is 7.01. The van der Waals surface area contributed by atoms with Crippen molar-refractivity contribution in [2.24, 2.45) is 5.92 Å². The van der Waals surface area contributed by atoms with Crippen molar-refractivity contribution in [3.05, 3.63) is 53.5 Å². The quantitative estimate of drug-likeness (QED) is 0.597. The van der Waals surface area contributed by atoms with Gasteiger partial charge in [0, 0.05) is 23.0 Å². The number of hydrogen-bond donors (Lipinski definition) is 2. The zero-order valence-corrected chi connectivity index (χ0v) is 15.3. The first-order chi connectivity index (χ1) is 12.4. The number of benzene rings is 2. The number of aromatic nitrogens is 1. The number of hydrogen-bond acceptors (Lipinski definition) is 4. The van der Waals surface area contributed by atoms with Crippen LogP contribution in [0, 0.1) is 5.92 Å². The van der Waals surface area contributed by atoms with E-state index >= 15 is 0 Å². The highest BCUT2D eigenvalue weighted by Gasteiger charge is 2.13. The maximum Gasteiger partial charge on any atom is 0.187 e. The summed E-state index contributed by atoms with van der Waals surface area (Å²) in [7, 11) is 0. The number of rotatable bonds is 6. The molecule has 130 valence electrons. The van der Waals surface area contributed by atoms with Gasteiger partial charge in [0.15, 0.2) is 5.13 Å². The minimum Gasteiger partial charge on any atom is -0.331 e. The Labute approximate surface area is 153 Å². The molecule has 0 radical (unpaired) electrons. The van der Waals surface area contributed by atoms with E-state index in [0.29, 0.717) is 0 Å². The number of anilines is 2. The van der Waals surface area contributed by atoms with Gasteiger partial charge in [-0.25, -0.2) is 4.98 Å². The smallest absolute Gasteiger partial charge is 0.187 e. The van der Waals surface area contributed by atoms with E-state index < -0.39 is 0 Å². The highest BCUT2D eigenvalue weighted by molar-refractivity contribution is 7.13. The molecule has 2 aromatic carbocycles. The molecule has 0 unspecified atom stereocenters. The molecule has 3 aromatic rings. The Morgan fingerprint density at radius 3 is 2.76 bits per heavy atom. The fourth-order valence-electron chi connectivity index (χ4n) is 3.69. The van der Waals surface area contributed by atoms with E-state index in [4.69, 9.17) is 4.98 Å². The first-order valence-electron chi connectivity index (χ1n) is 9.28. The average molecular weight is 352 g/mol. The van der Waals surface area contributed by atoms with E-state index in [0.717, 1.165) is 35.5 Å². The molecule has 0 aliphatic heterocycles. The molecule has 0 amide bonds. The predicted molar refractivity (Wildman–Crippen MR) is 108 cm³/mol. The molecule has 0 atom stereocenters. The third kappa shape index (κ3) is 4.20. The summed E-state index contributed by atoms with van der Waals surface area (Å²) in [5.74, 6) is 0.862. The molecule has 1 aliphatic rings. The molecule has 1 saturated carbocycles. The maximum atomic E-state index is 4.74. The molecule has 25 heavy (non-hydrogen) atoms. The van der Waals surface area contributed by atoms with E-state index in [-0.39, 0.29) is 0 Å². The van der Waals surface area contributed by atoms with Crippen LogP contribution in [-0.2, 0) is 6.54 Å². The van der Waals surface area contributed by atoms with E-state index in [1.165, 1.54) is 42.9 Å². The average Bonchev–Trinajstić information content (AvgIpc) is 3.10. The van der Waals surface area contributed by atoms with Gasteiger partial charge in [0.25, 0.3) is 0 Å². The van der Waals surface area contributed by atoms with Gasteiger partial charge in [0.05, 0.1) is 5.69 Å². The van der Waals surface area contributed by atoms with Crippen molar-refractivity contribution in [3.63, 3.8) is 0 Å². The molecule has 4 rings (SSSR count). The molecule has 0 bridgehead atoms. The van der Waals surface area contributed by atoms with Gasteiger partial charge < -0.3 is 10.6 Å². The van der Waals surface area contributed by atoms with Gasteiger partial charge in [0.2, 0.25) is 0 Å². The second-order valence-corrected chi connectivity index (χ2v) is 7.79. The summed E-state index contributed by atoms with van der Waals surface area (Å²) in [4.78, 5) is 4.74. The third-order valence-corrected chi connectivity index (χ3v) is 5.85. The lowest BCUT2D eigenvalue weighted by atomic mass is 9.89. The Balaban J connectivity index is 1.36. The third-order valence-electron chi connectivity index (χ3n) is 5.05. The van der Waals surface area contributed by atoms with Crippen LogP contribution in [0.25, 0.3) is 10.8 Å². The van der Waals surface area contributed by atoms with Crippen molar-refractivity contribution in [1.82, 2.24) is 10.3 Å². The van der Waals surface area contributed by atoms with Crippen molar-refractivity contribution in [2.45, 2.75) is 38.6 Å². The summed E-state index contributed by atoms with van der Waals surface area (Å²) in [5, 5.41) is 12.7. The summed E-state index contributed by atoms with van der Waals surface area (Å²) in [5.41, 5.74) is 2.25. The largest absolute Gasteiger partial charge is 0.331 e. The predicted octanol–water partition coefficient (Wildman–Crippen LogP) is 5.71. The first kappa shape index (κ1) is 16.6. The lowest BCUT2D eigenvalue weighted by molar-refractivity contribution is 0.341. The van der Waals surface area contributed by atoms with Crippen LogP contribution in [0.3, 0.4) is 0 Å². The van der Waals surface area contributed by atoms with Crippen molar-refractivity contribution >= 4 is 32.9 Å². The molecule has 3 nitrogen and oxygen atoms in total. The van der Waals surface area contributed by atoms with E-state index in [1.54, 1.807) is 11.3 Å². The van der Waals surface area contributed by atoms with Gasteiger partial charge in [-0.1, -0.05) is 55.7 Å². The normalized spacial score (nSPS) is 15.5. The second-order valence-electron chi connectivity index (χ2n) is 6.93. The Hall–Kier alpha value is -1.91. The molecule has 1 aliphatic carbocycles. The molecular formula is C21H25N3S. The highest BCUT2D eigenvalue weighted by atomic mass is 32.1. The number of fused-ring (bicyclic) bond motifs is 1. The Morgan fingerprint density at radius 1 is 1.00 bits per heavy atom. The lowest BCUT2D eigenvalue weighted by Crippen LogP contribution is -2.24.